The van der Waals surface area contributed by atoms with Gasteiger partial charge in [0, 0.05) is 4.88 Å². The standard InChI is InChI=1S/C8H13NO2S2/c1-7(13(10,11)9-2)6-8-4-3-5-12-8/h3-5,7,9H,6H2,1-2H3. The molecule has 1 N–H and O–H groups in total. The van der Waals surface area contributed by atoms with Crippen molar-refractivity contribution in [2.24, 2.45) is 0 Å². The van der Waals surface area contributed by atoms with Gasteiger partial charge in [0.2, 0.25) is 10.0 Å². The highest BCUT2D eigenvalue weighted by Gasteiger charge is 2.18. The lowest BCUT2D eigenvalue weighted by Crippen LogP contribution is -2.30. The normalized spacial score (nSPS) is 14.3. The van der Waals surface area contributed by atoms with Crippen molar-refractivity contribution in [3.8, 4) is 0 Å². The molecular formula is C8H13NO2S2. The number of hydrogen-bond donors (Lipinski definition) is 1. The van der Waals surface area contributed by atoms with Gasteiger partial charge in [0.25, 0.3) is 0 Å². The molecule has 74 valence electrons. The van der Waals surface area contributed by atoms with Crippen LogP contribution in [0.5, 0.6) is 0 Å². The van der Waals surface area contributed by atoms with Crippen LogP contribution in [0.1, 0.15) is 11.8 Å². The van der Waals surface area contributed by atoms with Gasteiger partial charge in [-0.2, -0.15) is 0 Å². The van der Waals surface area contributed by atoms with Gasteiger partial charge in [-0.1, -0.05) is 6.07 Å². The first-order chi connectivity index (χ1) is 6.06. The molecule has 1 unspecified atom stereocenters. The summed E-state index contributed by atoms with van der Waals surface area (Å²) < 4.78 is 25.0. The van der Waals surface area contributed by atoms with Crippen LogP contribution in [0.15, 0.2) is 17.5 Å². The molecular weight excluding hydrogens is 206 g/mol. The number of nitrogens with one attached hydrogen (secondary N) is 1. The van der Waals surface area contributed by atoms with Crippen molar-refractivity contribution in [1.29, 1.82) is 0 Å². The number of thiophene rings is 1. The molecule has 0 fully saturated rings. The second-order valence-electron chi connectivity index (χ2n) is 2.84. The van der Waals surface area contributed by atoms with Gasteiger partial charge in [-0.25, -0.2) is 13.1 Å². The SMILES string of the molecule is CNS(=O)(=O)C(C)Cc1cccs1. The lowest BCUT2D eigenvalue weighted by atomic mass is 10.3. The highest BCUT2D eigenvalue weighted by molar-refractivity contribution is 7.90. The minimum atomic E-state index is -3.12. The van der Waals surface area contributed by atoms with Crippen LogP contribution in [0.4, 0.5) is 0 Å². The molecule has 0 aliphatic rings. The highest BCUT2D eigenvalue weighted by Crippen LogP contribution is 2.14. The Bertz CT molecular complexity index is 342. The smallest absolute Gasteiger partial charge is 0.214 e. The summed E-state index contributed by atoms with van der Waals surface area (Å²) >= 11 is 1.59. The first-order valence-electron chi connectivity index (χ1n) is 4.01. The van der Waals surface area contributed by atoms with Gasteiger partial charge < -0.3 is 0 Å². The fraction of sp³-hybridized carbons (Fsp3) is 0.500. The third-order valence-corrected chi connectivity index (χ3v) is 4.58. The van der Waals surface area contributed by atoms with Crippen LogP contribution >= 0.6 is 11.3 Å². The molecule has 0 aliphatic carbocycles. The fourth-order valence-corrected chi connectivity index (χ4v) is 2.77. The first kappa shape index (κ1) is 10.7. The third-order valence-electron chi connectivity index (χ3n) is 1.88. The molecule has 3 nitrogen and oxygen atoms in total. The van der Waals surface area contributed by atoms with Crippen LogP contribution in [0.3, 0.4) is 0 Å². The molecule has 13 heavy (non-hydrogen) atoms. The Morgan fingerprint density at radius 2 is 2.31 bits per heavy atom. The van der Waals surface area contributed by atoms with Crippen molar-refractivity contribution in [2.75, 3.05) is 7.05 Å². The van der Waals surface area contributed by atoms with E-state index in [4.69, 9.17) is 0 Å². The lowest BCUT2D eigenvalue weighted by Gasteiger charge is -2.09. The van der Waals surface area contributed by atoms with Gasteiger partial charge in [-0.3, -0.25) is 0 Å². The molecule has 5 heteroatoms. The van der Waals surface area contributed by atoms with Crippen molar-refractivity contribution < 1.29 is 8.42 Å². The zero-order valence-electron chi connectivity index (χ0n) is 7.65. The minimum absolute atomic E-state index is 0.365. The summed E-state index contributed by atoms with van der Waals surface area (Å²) in [4.78, 5) is 1.10. The molecule has 0 aromatic carbocycles. The average Bonchev–Trinajstić information content (AvgIpc) is 2.57. The minimum Gasteiger partial charge on any atom is -0.218 e. The Hall–Kier alpha value is -0.390. The second kappa shape index (κ2) is 4.21. The maximum atomic E-state index is 11.3. The topological polar surface area (TPSA) is 46.2 Å². The van der Waals surface area contributed by atoms with E-state index < -0.39 is 10.0 Å². The van der Waals surface area contributed by atoms with E-state index in [1.165, 1.54) is 7.05 Å². The summed E-state index contributed by atoms with van der Waals surface area (Å²) in [7, 11) is -1.67. The van der Waals surface area contributed by atoms with Crippen molar-refractivity contribution in [3.63, 3.8) is 0 Å². The molecule has 1 heterocycles. The largest absolute Gasteiger partial charge is 0.218 e. The average molecular weight is 219 g/mol. The van der Waals surface area contributed by atoms with Crippen LogP contribution in [-0.4, -0.2) is 20.7 Å². The Kier molecular flexibility index (Phi) is 3.47. The van der Waals surface area contributed by atoms with E-state index in [9.17, 15) is 8.42 Å². The fourth-order valence-electron chi connectivity index (χ4n) is 1.02. The van der Waals surface area contributed by atoms with Gasteiger partial charge in [-0.05, 0) is 31.8 Å². The second-order valence-corrected chi connectivity index (χ2v) is 6.18. The van der Waals surface area contributed by atoms with Gasteiger partial charge in [-0.15, -0.1) is 11.3 Å². The van der Waals surface area contributed by atoms with Crippen LogP contribution in [-0.2, 0) is 16.4 Å². The summed E-state index contributed by atoms with van der Waals surface area (Å²) in [5, 5.41) is 1.59. The molecule has 1 rings (SSSR count). The molecule has 0 aliphatic heterocycles. The number of hydrogen-bond acceptors (Lipinski definition) is 3. The zero-order valence-corrected chi connectivity index (χ0v) is 9.28. The Morgan fingerprint density at radius 3 is 2.77 bits per heavy atom. The Labute approximate surface area is 82.8 Å². The Morgan fingerprint density at radius 1 is 1.62 bits per heavy atom. The zero-order chi connectivity index (χ0) is 9.90. The predicted octanol–water partition coefficient (Wildman–Crippen LogP) is 1.23. The maximum absolute atomic E-state index is 11.3. The molecule has 1 aromatic heterocycles. The van der Waals surface area contributed by atoms with Crippen LogP contribution in [0, 0.1) is 0 Å². The molecule has 1 atom stereocenters. The van der Waals surface area contributed by atoms with E-state index in [1.54, 1.807) is 18.3 Å². The van der Waals surface area contributed by atoms with E-state index in [1.807, 2.05) is 17.5 Å². The van der Waals surface area contributed by atoms with Crippen molar-refractivity contribution >= 4 is 21.4 Å². The van der Waals surface area contributed by atoms with Crippen LogP contribution < -0.4 is 4.72 Å². The van der Waals surface area contributed by atoms with Gasteiger partial charge in [0.1, 0.15) is 0 Å². The molecule has 0 spiro atoms. The van der Waals surface area contributed by atoms with E-state index in [0.717, 1.165) is 4.88 Å². The van der Waals surface area contributed by atoms with Crippen LogP contribution in [0.25, 0.3) is 0 Å². The monoisotopic (exact) mass is 219 g/mol. The summed E-state index contributed by atoms with van der Waals surface area (Å²) in [6, 6.07) is 3.88. The van der Waals surface area contributed by atoms with Crippen molar-refractivity contribution in [3.05, 3.63) is 22.4 Å². The molecule has 0 radical (unpaired) electrons. The third kappa shape index (κ3) is 2.79. The molecule has 0 amide bonds. The summed E-state index contributed by atoms with van der Waals surface area (Å²) in [5.41, 5.74) is 0. The quantitative estimate of drug-likeness (QED) is 0.828. The predicted molar refractivity (Wildman–Crippen MR) is 55.5 cm³/mol. The summed E-state index contributed by atoms with van der Waals surface area (Å²) in [5.74, 6) is 0. The molecule has 1 aromatic rings. The highest BCUT2D eigenvalue weighted by atomic mass is 32.2. The van der Waals surface area contributed by atoms with Gasteiger partial charge in [0.05, 0.1) is 5.25 Å². The van der Waals surface area contributed by atoms with Gasteiger partial charge in [0.15, 0.2) is 0 Å². The van der Waals surface area contributed by atoms with Gasteiger partial charge >= 0.3 is 0 Å². The summed E-state index contributed by atoms with van der Waals surface area (Å²) in [6.07, 6.45) is 0.584. The van der Waals surface area contributed by atoms with E-state index in [-0.39, 0.29) is 5.25 Å². The van der Waals surface area contributed by atoms with E-state index >= 15 is 0 Å². The van der Waals surface area contributed by atoms with Crippen LogP contribution in [0.2, 0.25) is 0 Å². The molecule has 0 bridgehead atoms. The van der Waals surface area contributed by atoms with E-state index in [2.05, 4.69) is 4.72 Å². The molecule has 0 saturated carbocycles. The van der Waals surface area contributed by atoms with E-state index in [0.29, 0.717) is 6.42 Å². The number of sulfonamides is 1. The first-order valence-corrected chi connectivity index (χ1v) is 6.43. The number of rotatable bonds is 4. The maximum Gasteiger partial charge on any atom is 0.214 e. The van der Waals surface area contributed by atoms with Crippen molar-refractivity contribution in [2.45, 2.75) is 18.6 Å². The summed E-state index contributed by atoms with van der Waals surface area (Å²) in [6.45, 7) is 1.71. The lowest BCUT2D eigenvalue weighted by molar-refractivity contribution is 0.574. The Balaban J connectivity index is 2.66. The molecule has 0 saturated heterocycles. The van der Waals surface area contributed by atoms with Crippen molar-refractivity contribution in [1.82, 2.24) is 4.72 Å².